The number of rotatable bonds is 3. The van der Waals surface area contributed by atoms with Gasteiger partial charge in [-0.05, 0) is 42.5 Å². The molecule has 0 aliphatic heterocycles. The van der Waals surface area contributed by atoms with Gasteiger partial charge in [0.05, 0.1) is 25.7 Å². The molecular weight excluding hydrogens is 266 g/mol. The van der Waals surface area contributed by atoms with Gasteiger partial charge >= 0.3 is 0 Å². The first kappa shape index (κ1) is 13.7. The zero-order valence-corrected chi connectivity index (χ0v) is 12.3. The summed E-state index contributed by atoms with van der Waals surface area (Å²) >= 11 is 0. The molecule has 1 aliphatic rings. The maximum Gasteiger partial charge on any atom is 0.270 e. The van der Waals surface area contributed by atoms with Crippen LogP contribution < -0.4 is 10.1 Å². The summed E-state index contributed by atoms with van der Waals surface area (Å²) in [5, 5.41) is 3.12. The minimum Gasteiger partial charge on any atom is -0.497 e. The van der Waals surface area contributed by atoms with Gasteiger partial charge in [-0.15, -0.1) is 0 Å². The summed E-state index contributed by atoms with van der Waals surface area (Å²) in [6.07, 6.45) is 6.28. The smallest absolute Gasteiger partial charge is 0.270 e. The lowest BCUT2D eigenvalue weighted by Gasteiger charge is -2.26. The molecule has 0 bridgehead atoms. The van der Waals surface area contributed by atoms with Gasteiger partial charge in [0.15, 0.2) is 0 Å². The number of aryl methyl sites for hydroxylation is 2. The van der Waals surface area contributed by atoms with Gasteiger partial charge in [0.25, 0.3) is 5.91 Å². The highest BCUT2D eigenvalue weighted by Crippen LogP contribution is 2.32. The summed E-state index contributed by atoms with van der Waals surface area (Å²) < 4.78 is 7.00. The molecule has 110 valence electrons. The third-order valence-corrected chi connectivity index (χ3v) is 4.02. The van der Waals surface area contributed by atoms with Gasteiger partial charge in [0, 0.05) is 7.05 Å². The maximum atomic E-state index is 12.3. The molecule has 1 amide bonds. The van der Waals surface area contributed by atoms with Gasteiger partial charge in [0.1, 0.15) is 11.4 Å². The molecule has 1 aromatic carbocycles. The Labute approximate surface area is 124 Å². The van der Waals surface area contributed by atoms with E-state index in [4.69, 9.17) is 4.74 Å². The quantitative estimate of drug-likeness (QED) is 0.941. The second kappa shape index (κ2) is 5.60. The number of hydrogen-bond acceptors (Lipinski definition) is 3. The van der Waals surface area contributed by atoms with E-state index in [0.717, 1.165) is 25.0 Å². The van der Waals surface area contributed by atoms with Crippen LogP contribution in [0.5, 0.6) is 5.75 Å². The third kappa shape index (κ3) is 2.63. The molecule has 0 saturated heterocycles. The lowest BCUT2D eigenvalue weighted by molar-refractivity contribution is 0.0924. The Morgan fingerprint density at radius 1 is 1.48 bits per heavy atom. The van der Waals surface area contributed by atoms with Crippen LogP contribution >= 0.6 is 0 Å². The monoisotopic (exact) mass is 285 g/mol. The van der Waals surface area contributed by atoms with Crippen molar-refractivity contribution in [3.8, 4) is 5.75 Å². The maximum absolute atomic E-state index is 12.3. The van der Waals surface area contributed by atoms with E-state index >= 15 is 0 Å². The van der Waals surface area contributed by atoms with Crippen LogP contribution in [-0.4, -0.2) is 22.6 Å². The molecule has 0 spiro atoms. The summed E-state index contributed by atoms with van der Waals surface area (Å²) in [5.74, 6) is 0.788. The summed E-state index contributed by atoms with van der Waals surface area (Å²) in [5.41, 5.74) is 3.03. The Bertz CT molecular complexity index is 663. The van der Waals surface area contributed by atoms with Crippen LogP contribution in [0.2, 0.25) is 0 Å². The van der Waals surface area contributed by atoms with Crippen LogP contribution in [0, 0.1) is 0 Å². The lowest BCUT2D eigenvalue weighted by Crippen LogP contribution is -2.32. The minimum atomic E-state index is -0.0799. The number of aromatic nitrogens is 2. The summed E-state index contributed by atoms with van der Waals surface area (Å²) in [4.78, 5) is 16.3. The highest BCUT2D eigenvalue weighted by molar-refractivity contribution is 5.92. The van der Waals surface area contributed by atoms with Crippen LogP contribution in [0.4, 0.5) is 0 Å². The van der Waals surface area contributed by atoms with E-state index < -0.39 is 0 Å². The Balaban J connectivity index is 1.82. The fourth-order valence-electron chi connectivity index (χ4n) is 2.88. The molecule has 1 N–H and O–H groups in total. The number of methoxy groups -OCH3 is 1. The molecule has 3 rings (SSSR count). The van der Waals surface area contributed by atoms with Crippen molar-refractivity contribution >= 4 is 5.91 Å². The zero-order chi connectivity index (χ0) is 14.8. The molecule has 21 heavy (non-hydrogen) atoms. The Morgan fingerprint density at radius 3 is 3.05 bits per heavy atom. The van der Waals surface area contributed by atoms with E-state index in [1.165, 1.54) is 11.1 Å². The molecule has 0 radical (unpaired) electrons. The number of amides is 1. The normalized spacial score (nSPS) is 17.1. The van der Waals surface area contributed by atoms with Crippen LogP contribution in [0.3, 0.4) is 0 Å². The first-order chi connectivity index (χ1) is 10.2. The average molecular weight is 285 g/mol. The highest BCUT2D eigenvalue weighted by atomic mass is 16.5. The van der Waals surface area contributed by atoms with E-state index in [0.29, 0.717) is 5.69 Å². The summed E-state index contributed by atoms with van der Waals surface area (Å²) in [6, 6.07) is 6.13. The molecular formula is C16H19N3O2. The summed E-state index contributed by atoms with van der Waals surface area (Å²) in [6.45, 7) is 0. The van der Waals surface area contributed by atoms with E-state index in [-0.39, 0.29) is 11.9 Å². The molecule has 0 fully saturated rings. The predicted octanol–water partition coefficient (Wildman–Crippen LogP) is 2.24. The average Bonchev–Trinajstić information content (AvgIpc) is 2.93. The molecule has 1 atom stereocenters. The van der Waals surface area contributed by atoms with Crippen LogP contribution in [0.1, 0.15) is 40.5 Å². The van der Waals surface area contributed by atoms with E-state index in [1.54, 1.807) is 24.2 Å². The van der Waals surface area contributed by atoms with Crippen molar-refractivity contribution in [2.24, 2.45) is 7.05 Å². The van der Waals surface area contributed by atoms with Gasteiger partial charge in [-0.25, -0.2) is 4.98 Å². The van der Waals surface area contributed by atoms with E-state index in [1.807, 2.05) is 13.1 Å². The van der Waals surface area contributed by atoms with Crippen molar-refractivity contribution < 1.29 is 9.53 Å². The van der Waals surface area contributed by atoms with Crippen molar-refractivity contribution in [3.05, 3.63) is 47.5 Å². The molecule has 1 unspecified atom stereocenters. The van der Waals surface area contributed by atoms with Crippen LogP contribution in [-0.2, 0) is 13.5 Å². The Morgan fingerprint density at radius 2 is 2.33 bits per heavy atom. The third-order valence-electron chi connectivity index (χ3n) is 4.02. The molecule has 1 heterocycles. The van der Waals surface area contributed by atoms with Crippen LogP contribution in [0.15, 0.2) is 30.7 Å². The van der Waals surface area contributed by atoms with Gasteiger partial charge in [-0.2, -0.15) is 0 Å². The first-order valence-corrected chi connectivity index (χ1v) is 7.13. The molecule has 2 aromatic rings. The largest absolute Gasteiger partial charge is 0.497 e. The fourth-order valence-corrected chi connectivity index (χ4v) is 2.88. The number of carbonyl (C=O) groups is 1. The fraction of sp³-hybridized carbons (Fsp3) is 0.375. The first-order valence-electron chi connectivity index (χ1n) is 7.13. The number of nitrogens with zero attached hydrogens (tertiary/aromatic N) is 2. The second-order valence-corrected chi connectivity index (χ2v) is 5.37. The number of hydrogen-bond donors (Lipinski definition) is 1. The summed E-state index contributed by atoms with van der Waals surface area (Å²) in [7, 11) is 3.49. The van der Waals surface area contributed by atoms with Gasteiger partial charge in [-0.3, -0.25) is 4.79 Å². The zero-order valence-electron chi connectivity index (χ0n) is 12.3. The Kier molecular flexibility index (Phi) is 3.64. The lowest BCUT2D eigenvalue weighted by atomic mass is 9.87. The number of fused-ring (bicyclic) bond motifs is 1. The molecule has 1 aliphatic carbocycles. The predicted molar refractivity (Wildman–Crippen MR) is 79.3 cm³/mol. The molecule has 5 heteroatoms. The number of imidazole rings is 1. The number of nitrogens with one attached hydrogen (secondary N) is 1. The number of ether oxygens (including phenoxy) is 1. The number of benzene rings is 1. The van der Waals surface area contributed by atoms with Gasteiger partial charge < -0.3 is 14.6 Å². The topological polar surface area (TPSA) is 56.1 Å². The van der Waals surface area contributed by atoms with Gasteiger partial charge in [0.2, 0.25) is 0 Å². The van der Waals surface area contributed by atoms with E-state index in [9.17, 15) is 4.79 Å². The minimum absolute atomic E-state index is 0.0575. The van der Waals surface area contributed by atoms with E-state index in [2.05, 4.69) is 22.4 Å². The van der Waals surface area contributed by atoms with Crippen molar-refractivity contribution in [1.29, 1.82) is 0 Å². The molecule has 1 aromatic heterocycles. The number of carbonyl (C=O) groups excluding carboxylic acids is 1. The van der Waals surface area contributed by atoms with Gasteiger partial charge in [-0.1, -0.05) is 6.07 Å². The van der Waals surface area contributed by atoms with Crippen LogP contribution in [0.25, 0.3) is 0 Å². The van der Waals surface area contributed by atoms with Crippen molar-refractivity contribution in [1.82, 2.24) is 14.9 Å². The van der Waals surface area contributed by atoms with Crippen molar-refractivity contribution in [2.75, 3.05) is 7.11 Å². The second-order valence-electron chi connectivity index (χ2n) is 5.37. The standard InChI is InChI=1S/C16H19N3O2/c1-19-10-17-9-15(19)16(20)18-14-5-3-4-11-8-12(21-2)6-7-13(11)14/h6-10,14H,3-5H2,1-2H3,(H,18,20). The Hall–Kier alpha value is -2.30. The SMILES string of the molecule is COc1ccc2c(c1)CCCC2NC(=O)c1cncn1C. The molecule has 0 saturated carbocycles. The van der Waals surface area contributed by atoms with Crippen molar-refractivity contribution in [3.63, 3.8) is 0 Å². The highest BCUT2D eigenvalue weighted by Gasteiger charge is 2.23. The molecule has 5 nitrogen and oxygen atoms in total. The van der Waals surface area contributed by atoms with Crippen molar-refractivity contribution in [2.45, 2.75) is 25.3 Å².